The molecule has 0 aliphatic carbocycles. The molecule has 0 unspecified atom stereocenters. The minimum absolute atomic E-state index is 0.0854. The Bertz CT molecular complexity index is 1120. The zero-order valence-electron chi connectivity index (χ0n) is 14.9. The van der Waals surface area contributed by atoms with Gasteiger partial charge < -0.3 is 10.3 Å². The molecule has 4 rings (SSSR count). The molecule has 0 radical (unpaired) electrons. The third-order valence-corrected chi connectivity index (χ3v) is 4.88. The van der Waals surface area contributed by atoms with E-state index < -0.39 is 0 Å². The van der Waals surface area contributed by atoms with Crippen molar-refractivity contribution in [2.24, 2.45) is 0 Å². The van der Waals surface area contributed by atoms with Crippen LogP contribution in [0.5, 0.6) is 0 Å². The van der Waals surface area contributed by atoms with E-state index in [2.05, 4.69) is 36.3 Å². The van der Waals surface area contributed by atoms with Gasteiger partial charge in [0.05, 0.1) is 17.6 Å². The molecule has 0 saturated carbocycles. The van der Waals surface area contributed by atoms with Gasteiger partial charge in [-0.1, -0.05) is 36.4 Å². The highest BCUT2D eigenvalue weighted by Gasteiger charge is 2.10. The number of para-hydroxylation sites is 1. The summed E-state index contributed by atoms with van der Waals surface area (Å²) in [5.41, 5.74) is 7.27. The van der Waals surface area contributed by atoms with Crippen LogP contribution in [0.25, 0.3) is 11.0 Å². The summed E-state index contributed by atoms with van der Waals surface area (Å²) in [5.74, 6) is 0. The second kappa shape index (κ2) is 6.56. The average Bonchev–Trinajstić information content (AvgIpc) is 2.94. The predicted octanol–water partition coefficient (Wildman–Crippen LogP) is 4.74. The van der Waals surface area contributed by atoms with E-state index in [0.29, 0.717) is 6.54 Å². The third-order valence-electron chi connectivity index (χ3n) is 4.88. The zero-order valence-corrected chi connectivity index (χ0v) is 14.9. The fourth-order valence-electron chi connectivity index (χ4n) is 3.24. The lowest BCUT2D eigenvalue weighted by Gasteiger charge is -2.10. The highest BCUT2D eigenvalue weighted by atomic mass is 16.1. The van der Waals surface area contributed by atoms with Gasteiger partial charge in [-0.2, -0.15) is 0 Å². The first-order chi connectivity index (χ1) is 12.6. The molecule has 2 N–H and O–H groups in total. The summed E-state index contributed by atoms with van der Waals surface area (Å²) in [5, 5.41) is 3.36. The van der Waals surface area contributed by atoms with Crippen LogP contribution >= 0.6 is 0 Å². The minimum atomic E-state index is -0.0854. The number of rotatable bonds is 4. The van der Waals surface area contributed by atoms with Gasteiger partial charge in [0.1, 0.15) is 0 Å². The normalized spacial score (nSPS) is 11.0. The van der Waals surface area contributed by atoms with Gasteiger partial charge in [-0.05, 0) is 60.9 Å². The predicted molar refractivity (Wildman–Crippen MR) is 107 cm³/mol. The van der Waals surface area contributed by atoms with Gasteiger partial charge >= 0.3 is 5.69 Å². The molecule has 0 aliphatic rings. The van der Waals surface area contributed by atoms with Gasteiger partial charge in [0.2, 0.25) is 0 Å². The van der Waals surface area contributed by atoms with E-state index in [1.165, 1.54) is 16.7 Å². The largest absolute Gasteiger partial charge is 0.355 e. The number of anilines is 2. The number of imidazole rings is 1. The molecule has 0 saturated heterocycles. The Morgan fingerprint density at radius 3 is 2.54 bits per heavy atom. The molecule has 0 atom stereocenters. The molecular weight excluding hydrogens is 322 g/mol. The van der Waals surface area contributed by atoms with E-state index in [1.54, 1.807) is 4.57 Å². The number of nitrogens with one attached hydrogen (secondary N) is 2. The number of H-pyrrole nitrogens is 1. The number of nitrogens with zero attached hydrogens (tertiary/aromatic N) is 1. The number of aromatic amines is 1. The highest BCUT2D eigenvalue weighted by Crippen LogP contribution is 2.22. The second-order valence-corrected chi connectivity index (χ2v) is 6.60. The van der Waals surface area contributed by atoms with Crippen molar-refractivity contribution in [3.63, 3.8) is 0 Å². The minimum Gasteiger partial charge on any atom is -0.355 e. The van der Waals surface area contributed by atoms with Gasteiger partial charge in [0.25, 0.3) is 0 Å². The number of fused-ring (bicyclic) bond motifs is 1. The van der Waals surface area contributed by atoms with Gasteiger partial charge in [0.15, 0.2) is 0 Å². The van der Waals surface area contributed by atoms with Crippen LogP contribution in [0.3, 0.4) is 0 Å². The van der Waals surface area contributed by atoms with Crippen LogP contribution in [0.2, 0.25) is 0 Å². The van der Waals surface area contributed by atoms with Crippen molar-refractivity contribution in [1.82, 2.24) is 9.55 Å². The topological polar surface area (TPSA) is 49.8 Å². The number of benzene rings is 3. The van der Waals surface area contributed by atoms with Crippen molar-refractivity contribution in [2.45, 2.75) is 20.4 Å². The SMILES string of the molecule is Cc1cccc(Cn2c(=O)[nH]c3cc(Nc4ccccc4)ccc32)c1C. The van der Waals surface area contributed by atoms with Crippen LogP contribution in [-0.4, -0.2) is 9.55 Å². The Morgan fingerprint density at radius 2 is 1.73 bits per heavy atom. The molecule has 1 aromatic heterocycles. The van der Waals surface area contributed by atoms with E-state index in [4.69, 9.17) is 0 Å². The van der Waals surface area contributed by atoms with E-state index in [9.17, 15) is 4.79 Å². The second-order valence-electron chi connectivity index (χ2n) is 6.60. The van der Waals surface area contributed by atoms with Crippen molar-refractivity contribution in [2.75, 3.05) is 5.32 Å². The van der Waals surface area contributed by atoms with Crippen LogP contribution in [0.1, 0.15) is 16.7 Å². The standard InChI is InChI=1S/C22H21N3O/c1-15-7-6-8-17(16(15)2)14-25-21-12-11-19(13-20(21)24-22(25)26)23-18-9-4-3-5-10-18/h3-13,23H,14H2,1-2H3,(H,24,26). The van der Waals surface area contributed by atoms with Gasteiger partial charge in [-0.25, -0.2) is 4.79 Å². The smallest absolute Gasteiger partial charge is 0.326 e. The Morgan fingerprint density at radius 1 is 0.923 bits per heavy atom. The number of aromatic nitrogens is 2. The molecule has 0 amide bonds. The lowest BCUT2D eigenvalue weighted by Crippen LogP contribution is -2.17. The monoisotopic (exact) mass is 343 g/mol. The first kappa shape index (κ1) is 16.2. The summed E-state index contributed by atoms with van der Waals surface area (Å²) in [7, 11) is 0. The Hall–Kier alpha value is -3.27. The van der Waals surface area contributed by atoms with Gasteiger partial charge in [0, 0.05) is 11.4 Å². The molecule has 0 fully saturated rings. The maximum atomic E-state index is 12.5. The summed E-state index contributed by atoms with van der Waals surface area (Å²) in [6.45, 7) is 4.77. The Balaban J connectivity index is 1.70. The van der Waals surface area contributed by atoms with Crippen LogP contribution < -0.4 is 11.0 Å². The lowest BCUT2D eigenvalue weighted by molar-refractivity contribution is 0.781. The van der Waals surface area contributed by atoms with Crippen molar-refractivity contribution in [1.29, 1.82) is 0 Å². The highest BCUT2D eigenvalue weighted by molar-refractivity contribution is 5.81. The summed E-state index contributed by atoms with van der Waals surface area (Å²) < 4.78 is 1.80. The first-order valence-electron chi connectivity index (χ1n) is 8.71. The van der Waals surface area contributed by atoms with E-state index in [1.807, 2.05) is 54.6 Å². The van der Waals surface area contributed by atoms with E-state index in [-0.39, 0.29) is 5.69 Å². The molecule has 1 heterocycles. The fourth-order valence-corrected chi connectivity index (χ4v) is 3.24. The van der Waals surface area contributed by atoms with Crippen LogP contribution in [0.15, 0.2) is 71.5 Å². The molecule has 0 aliphatic heterocycles. The molecule has 130 valence electrons. The summed E-state index contributed by atoms with van der Waals surface area (Å²) in [6, 6.07) is 22.2. The van der Waals surface area contributed by atoms with Crippen molar-refractivity contribution in [3.05, 3.63) is 93.9 Å². The maximum Gasteiger partial charge on any atom is 0.326 e. The molecule has 0 spiro atoms. The Labute approximate surface area is 152 Å². The number of hydrogen-bond acceptors (Lipinski definition) is 2. The number of aryl methyl sites for hydroxylation is 1. The average molecular weight is 343 g/mol. The summed E-state index contributed by atoms with van der Waals surface area (Å²) in [6.07, 6.45) is 0. The molecule has 4 aromatic rings. The van der Waals surface area contributed by atoms with Crippen molar-refractivity contribution in [3.8, 4) is 0 Å². The molecule has 4 heteroatoms. The van der Waals surface area contributed by atoms with E-state index in [0.717, 1.165) is 22.4 Å². The molecule has 4 nitrogen and oxygen atoms in total. The van der Waals surface area contributed by atoms with E-state index >= 15 is 0 Å². The first-order valence-corrected chi connectivity index (χ1v) is 8.71. The van der Waals surface area contributed by atoms with Crippen LogP contribution in [-0.2, 0) is 6.54 Å². The van der Waals surface area contributed by atoms with Gasteiger partial charge in [-0.15, -0.1) is 0 Å². The van der Waals surface area contributed by atoms with Crippen LogP contribution in [0, 0.1) is 13.8 Å². The summed E-state index contributed by atoms with van der Waals surface area (Å²) in [4.78, 5) is 15.5. The Kier molecular flexibility index (Phi) is 4.09. The lowest BCUT2D eigenvalue weighted by atomic mass is 10.0. The number of hydrogen-bond donors (Lipinski definition) is 2. The van der Waals surface area contributed by atoms with Crippen molar-refractivity contribution >= 4 is 22.4 Å². The van der Waals surface area contributed by atoms with Gasteiger partial charge in [-0.3, -0.25) is 4.57 Å². The van der Waals surface area contributed by atoms with Crippen LogP contribution in [0.4, 0.5) is 11.4 Å². The maximum absolute atomic E-state index is 12.5. The molecule has 0 bridgehead atoms. The quantitative estimate of drug-likeness (QED) is 0.562. The third kappa shape index (κ3) is 3.02. The zero-order chi connectivity index (χ0) is 18.1. The summed E-state index contributed by atoms with van der Waals surface area (Å²) >= 11 is 0. The molecular formula is C22H21N3O. The molecule has 26 heavy (non-hydrogen) atoms. The molecule has 3 aromatic carbocycles. The van der Waals surface area contributed by atoms with Crippen molar-refractivity contribution < 1.29 is 0 Å². The fraction of sp³-hybridized carbons (Fsp3) is 0.136.